The van der Waals surface area contributed by atoms with E-state index >= 15 is 0 Å². The van der Waals surface area contributed by atoms with Crippen LogP contribution < -0.4 is 10.0 Å². The zero-order valence-electron chi connectivity index (χ0n) is 9.17. The quantitative estimate of drug-likeness (QED) is 0.657. The van der Waals surface area contributed by atoms with Gasteiger partial charge in [0.1, 0.15) is 11.4 Å². The number of nitrogens with zero attached hydrogens (tertiary/aromatic N) is 1. The molecular weight excluding hydrogens is 246 g/mol. The minimum Gasteiger partial charge on any atom is -0.480 e. The van der Waals surface area contributed by atoms with Gasteiger partial charge in [0.2, 0.25) is 10.0 Å². The fourth-order valence-electron chi connectivity index (χ4n) is 1.11. The molecule has 0 unspecified atom stereocenters. The summed E-state index contributed by atoms with van der Waals surface area (Å²) in [6.07, 6.45) is 2.64. The molecule has 0 radical (unpaired) electrons. The number of hydrogen-bond acceptors (Lipinski definition) is 5. The van der Waals surface area contributed by atoms with Crippen molar-refractivity contribution < 1.29 is 18.3 Å². The van der Waals surface area contributed by atoms with Crippen molar-refractivity contribution in [3.8, 4) is 0 Å². The maximum Gasteiger partial charge on any atom is 0.318 e. The molecule has 8 heteroatoms. The highest BCUT2D eigenvalue weighted by Gasteiger charge is 2.15. The van der Waals surface area contributed by atoms with Gasteiger partial charge in [0, 0.05) is 12.7 Å². The molecule has 94 valence electrons. The van der Waals surface area contributed by atoms with E-state index in [1.807, 2.05) is 11.6 Å². The Labute approximate surface area is 98.9 Å². The summed E-state index contributed by atoms with van der Waals surface area (Å²) in [4.78, 5) is 14.0. The SMILES string of the molecule is CCNc1cncc(S(=O)(=O)NCC(=O)O)c1. The van der Waals surface area contributed by atoms with Gasteiger partial charge in [0.15, 0.2) is 0 Å². The second-order valence-electron chi connectivity index (χ2n) is 3.16. The Balaban J connectivity index is 2.90. The largest absolute Gasteiger partial charge is 0.480 e. The molecule has 17 heavy (non-hydrogen) atoms. The predicted molar refractivity (Wildman–Crippen MR) is 61.2 cm³/mol. The lowest BCUT2D eigenvalue weighted by molar-refractivity contribution is -0.135. The number of pyridine rings is 1. The summed E-state index contributed by atoms with van der Waals surface area (Å²) < 4.78 is 25.3. The van der Waals surface area contributed by atoms with Crippen molar-refractivity contribution in [2.45, 2.75) is 11.8 Å². The third-order valence-electron chi connectivity index (χ3n) is 1.82. The van der Waals surface area contributed by atoms with Gasteiger partial charge < -0.3 is 10.4 Å². The number of carboxylic acid groups (broad SMARTS) is 1. The third-order valence-corrected chi connectivity index (χ3v) is 3.19. The van der Waals surface area contributed by atoms with Crippen molar-refractivity contribution in [3.05, 3.63) is 18.5 Å². The standard InChI is InChI=1S/C9H13N3O4S/c1-2-11-7-3-8(5-10-4-7)17(15,16)12-6-9(13)14/h3-5,11-12H,2,6H2,1H3,(H,13,14). The zero-order chi connectivity index (χ0) is 12.9. The van der Waals surface area contributed by atoms with Gasteiger partial charge in [-0.15, -0.1) is 0 Å². The molecule has 0 aliphatic carbocycles. The lowest BCUT2D eigenvalue weighted by Crippen LogP contribution is -2.29. The molecule has 3 N–H and O–H groups in total. The monoisotopic (exact) mass is 259 g/mol. The van der Waals surface area contributed by atoms with E-state index in [1.54, 1.807) is 0 Å². The summed E-state index contributed by atoms with van der Waals surface area (Å²) in [7, 11) is -3.83. The zero-order valence-corrected chi connectivity index (χ0v) is 9.99. The molecule has 1 heterocycles. The van der Waals surface area contributed by atoms with Gasteiger partial charge in [-0.05, 0) is 13.0 Å². The van der Waals surface area contributed by atoms with Crippen molar-refractivity contribution in [1.82, 2.24) is 9.71 Å². The van der Waals surface area contributed by atoms with E-state index < -0.39 is 22.5 Å². The Kier molecular flexibility index (Phi) is 4.41. The van der Waals surface area contributed by atoms with Crippen molar-refractivity contribution in [2.24, 2.45) is 0 Å². The average Bonchev–Trinajstić information content (AvgIpc) is 2.27. The van der Waals surface area contributed by atoms with Crippen LogP contribution in [0.2, 0.25) is 0 Å². The molecule has 0 fully saturated rings. The van der Waals surface area contributed by atoms with E-state index in [9.17, 15) is 13.2 Å². The molecule has 1 aromatic heterocycles. The predicted octanol–water partition coefficient (Wildman–Crippen LogP) is -0.124. The van der Waals surface area contributed by atoms with Crippen molar-refractivity contribution >= 4 is 21.7 Å². The van der Waals surface area contributed by atoms with E-state index in [0.29, 0.717) is 12.2 Å². The van der Waals surface area contributed by atoms with Gasteiger partial charge >= 0.3 is 5.97 Å². The maximum absolute atomic E-state index is 11.7. The number of anilines is 1. The van der Waals surface area contributed by atoms with E-state index in [-0.39, 0.29) is 4.90 Å². The van der Waals surface area contributed by atoms with E-state index in [4.69, 9.17) is 5.11 Å². The van der Waals surface area contributed by atoms with Crippen LogP contribution in [0.15, 0.2) is 23.4 Å². The topological polar surface area (TPSA) is 108 Å². The summed E-state index contributed by atoms with van der Waals surface area (Å²) in [6, 6.07) is 1.39. The highest BCUT2D eigenvalue weighted by Crippen LogP contribution is 2.12. The number of aliphatic carboxylic acids is 1. The van der Waals surface area contributed by atoms with E-state index in [1.165, 1.54) is 12.3 Å². The lowest BCUT2D eigenvalue weighted by Gasteiger charge is -2.07. The minimum atomic E-state index is -3.83. The Bertz CT molecular complexity index is 501. The fraction of sp³-hybridized carbons (Fsp3) is 0.333. The van der Waals surface area contributed by atoms with Crippen LogP contribution in [0.1, 0.15) is 6.92 Å². The van der Waals surface area contributed by atoms with Crippen LogP contribution in [0, 0.1) is 0 Å². The second-order valence-corrected chi connectivity index (χ2v) is 4.92. The van der Waals surface area contributed by atoms with Gasteiger partial charge in [0.25, 0.3) is 0 Å². The Hall–Kier alpha value is -1.67. The number of aromatic nitrogens is 1. The molecule has 0 saturated heterocycles. The Morgan fingerprint density at radius 2 is 2.18 bits per heavy atom. The van der Waals surface area contributed by atoms with Crippen LogP contribution in [0.5, 0.6) is 0 Å². The van der Waals surface area contributed by atoms with Gasteiger partial charge in [-0.1, -0.05) is 0 Å². The van der Waals surface area contributed by atoms with Gasteiger partial charge in [-0.2, -0.15) is 4.72 Å². The summed E-state index contributed by atoms with van der Waals surface area (Å²) in [5, 5.41) is 11.3. The summed E-state index contributed by atoms with van der Waals surface area (Å²) >= 11 is 0. The number of rotatable bonds is 6. The highest BCUT2D eigenvalue weighted by molar-refractivity contribution is 7.89. The van der Waals surface area contributed by atoms with Crippen molar-refractivity contribution in [3.63, 3.8) is 0 Å². The summed E-state index contributed by atoms with van der Waals surface area (Å²) in [5.41, 5.74) is 0.561. The molecule has 7 nitrogen and oxygen atoms in total. The van der Waals surface area contributed by atoms with Crippen LogP contribution in [-0.2, 0) is 14.8 Å². The first-order chi connectivity index (χ1) is 7.95. The first-order valence-corrected chi connectivity index (χ1v) is 6.34. The van der Waals surface area contributed by atoms with E-state index in [0.717, 1.165) is 6.20 Å². The molecule has 0 aliphatic heterocycles. The molecule has 0 bridgehead atoms. The first-order valence-electron chi connectivity index (χ1n) is 4.86. The highest BCUT2D eigenvalue weighted by atomic mass is 32.2. The molecule has 1 aromatic rings. The molecule has 1 rings (SSSR count). The van der Waals surface area contributed by atoms with Crippen molar-refractivity contribution in [1.29, 1.82) is 0 Å². The smallest absolute Gasteiger partial charge is 0.318 e. The fourth-order valence-corrected chi connectivity index (χ4v) is 2.07. The Morgan fingerprint density at radius 3 is 2.76 bits per heavy atom. The normalized spacial score (nSPS) is 11.1. The Morgan fingerprint density at radius 1 is 1.47 bits per heavy atom. The molecule has 0 saturated carbocycles. The number of sulfonamides is 1. The maximum atomic E-state index is 11.7. The molecule has 0 aliphatic rings. The molecule has 0 spiro atoms. The third kappa shape index (κ3) is 4.00. The van der Waals surface area contributed by atoms with Gasteiger partial charge in [-0.25, -0.2) is 8.42 Å². The van der Waals surface area contributed by atoms with Crippen molar-refractivity contribution in [2.75, 3.05) is 18.4 Å². The molecule has 0 atom stereocenters. The van der Waals surface area contributed by atoms with Gasteiger partial charge in [-0.3, -0.25) is 9.78 Å². The average molecular weight is 259 g/mol. The van der Waals surface area contributed by atoms with Crippen LogP contribution in [0.25, 0.3) is 0 Å². The summed E-state index contributed by atoms with van der Waals surface area (Å²) in [5.74, 6) is -1.25. The molecule has 0 amide bonds. The first kappa shape index (κ1) is 13.4. The van der Waals surface area contributed by atoms with Crippen LogP contribution in [0.3, 0.4) is 0 Å². The lowest BCUT2D eigenvalue weighted by atomic mass is 10.4. The number of nitrogens with one attached hydrogen (secondary N) is 2. The van der Waals surface area contributed by atoms with Crippen LogP contribution >= 0.6 is 0 Å². The number of carbonyl (C=O) groups is 1. The van der Waals surface area contributed by atoms with Crippen LogP contribution in [-0.4, -0.2) is 37.6 Å². The van der Waals surface area contributed by atoms with E-state index in [2.05, 4.69) is 10.3 Å². The second kappa shape index (κ2) is 5.60. The minimum absolute atomic E-state index is 0.0720. The molecular formula is C9H13N3O4S. The number of hydrogen-bond donors (Lipinski definition) is 3. The van der Waals surface area contributed by atoms with Gasteiger partial charge in [0.05, 0.1) is 11.9 Å². The molecule has 0 aromatic carbocycles. The van der Waals surface area contributed by atoms with Crippen LogP contribution in [0.4, 0.5) is 5.69 Å². The number of carboxylic acids is 1. The summed E-state index contributed by atoms with van der Waals surface area (Å²) in [6.45, 7) is 1.84.